The van der Waals surface area contributed by atoms with Gasteiger partial charge in [-0.25, -0.2) is 17.6 Å². The number of nitrogens with zero attached hydrogens (tertiary/aromatic N) is 1. The van der Waals surface area contributed by atoms with E-state index >= 15 is 0 Å². The van der Waals surface area contributed by atoms with Crippen LogP contribution in [0.2, 0.25) is 5.02 Å². The highest BCUT2D eigenvalue weighted by atomic mass is 35.5. The molecule has 0 aliphatic heterocycles. The molecule has 2 aromatic rings. The van der Waals surface area contributed by atoms with Gasteiger partial charge in [0.15, 0.2) is 17.5 Å². The highest BCUT2D eigenvalue weighted by Gasteiger charge is 2.17. The van der Waals surface area contributed by atoms with E-state index in [2.05, 4.69) is 10.6 Å². The lowest BCUT2D eigenvalue weighted by atomic mass is 10.2. The fraction of sp³-hybridized carbons (Fsp3) is 0.176. The Morgan fingerprint density at radius 2 is 1.44 bits per heavy atom. The Labute approximate surface area is 156 Å². The second kappa shape index (κ2) is 8.83. The maximum atomic E-state index is 13.6. The average molecular weight is 404 g/mol. The molecule has 0 aromatic heterocycles. The molecule has 0 spiro atoms. The fourth-order valence-corrected chi connectivity index (χ4v) is 2.30. The Balaban J connectivity index is 1.89. The molecule has 0 unspecified atom stereocenters. The fourth-order valence-electron chi connectivity index (χ4n) is 2.14. The molecule has 2 N–H and O–H groups in total. The molecule has 0 heterocycles. The molecule has 0 aliphatic carbocycles. The van der Waals surface area contributed by atoms with Crippen LogP contribution in [0.3, 0.4) is 0 Å². The van der Waals surface area contributed by atoms with Gasteiger partial charge in [-0.15, -0.1) is 0 Å². The summed E-state index contributed by atoms with van der Waals surface area (Å²) in [6.45, 7) is -0.634. The van der Waals surface area contributed by atoms with Crippen molar-refractivity contribution in [3.63, 3.8) is 0 Å². The van der Waals surface area contributed by atoms with Crippen molar-refractivity contribution in [3.05, 3.63) is 58.6 Å². The van der Waals surface area contributed by atoms with Crippen LogP contribution in [0.1, 0.15) is 0 Å². The van der Waals surface area contributed by atoms with Gasteiger partial charge < -0.3 is 10.6 Å². The zero-order chi connectivity index (χ0) is 20.1. The number of benzene rings is 2. The van der Waals surface area contributed by atoms with Crippen LogP contribution < -0.4 is 10.6 Å². The first kappa shape index (κ1) is 20.7. The molecule has 10 heteroatoms. The molecule has 0 saturated heterocycles. The summed E-state index contributed by atoms with van der Waals surface area (Å²) in [6.07, 6.45) is 0. The predicted octanol–water partition coefficient (Wildman–Crippen LogP) is 3.41. The van der Waals surface area contributed by atoms with Gasteiger partial charge in [-0.05, 0) is 37.4 Å². The van der Waals surface area contributed by atoms with Crippen LogP contribution in [-0.4, -0.2) is 36.9 Å². The van der Waals surface area contributed by atoms with E-state index in [1.165, 1.54) is 24.1 Å². The lowest BCUT2D eigenvalue weighted by Gasteiger charge is -2.16. The maximum Gasteiger partial charge on any atom is 0.238 e. The number of anilines is 2. The first-order valence-corrected chi connectivity index (χ1v) is 7.92. The summed E-state index contributed by atoms with van der Waals surface area (Å²) in [7, 11) is 1.42. The minimum atomic E-state index is -1.70. The number of hydrogen-bond donors (Lipinski definition) is 2. The lowest BCUT2D eigenvalue weighted by molar-refractivity contribution is -0.119. The van der Waals surface area contributed by atoms with E-state index in [9.17, 15) is 27.2 Å². The Bertz CT molecular complexity index is 879. The molecule has 0 bridgehead atoms. The molecule has 0 saturated carbocycles. The highest BCUT2D eigenvalue weighted by molar-refractivity contribution is 6.30. The van der Waals surface area contributed by atoms with Crippen molar-refractivity contribution in [1.82, 2.24) is 4.90 Å². The number of hydrogen-bond acceptors (Lipinski definition) is 3. The van der Waals surface area contributed by atoms with Gasteiger partial charge in [0.2, 0.25) is 11.8 Å². The third kappa shape index (κ3) is 5.66. The normalized spacial score (nSPS) is 10.8. The van der Waals surface area contributed by atoms with Gasteiger partial charge in [-0.2, -0.15) is 0 Å². The summed E-state index contributed by atoms with van der Waals surface area (Å²) in [6, 6.07) is 5.26. The van der Waals surface area contributed by atoms with E-state index < -0.39 is 40.8 Å². The minimum absolute atomic E-state index is 0.0777. The number of amides is 2. The SMILES string of the molecule is CN(CC(=O)Nc1ccc(Cl)cc1F)CC(=O)Nc1ccc(F)c(F)c1F. The van der Waals surface area contributed by atoms with Gasteiger partial charge in [-0.3, -0.25) is 14.5 Å². The molecule has 2 aromatic carbocycles. The van der Waals surface area contributed by atoms with Crippen molar-refractivity contribution in [2.45, 2.75) is 0 Å². The average Bonchev–Trinajstić information content (AvgIpc) is 2.57. The van der Waals surface area contributed by atoms with E-state index in [-0.39, 0.29) is 23.8 Å². The van der Waals surface area contributed by atoms with E-state index in [1.54, 1.807) is 0 Å². The topological polar surface area (TPSA) is 61.4 Å². The zero-order valence-electron chi connectivity index (χ0n) is 14.0. The number of rotatable bonds is 6. The molecule has 27 heavy (non-hydrogen) atoms. The van der Waals surface area contributed by atoms with Crippen LogP contribution in [0.25, 0.3) is 0 Å². The molecule has 0 fully saturated rings. The van der Waals surface area contributed by atoms with Crippen molar-refractivity contribution in [2.75, 3.05) is 30.8 Å². The monoisotopic (exact) mass is 403 g/mol. The summed E-state index contributed by atoms with van der Waals surface area (Å²) in [5.74, 6) is -6.69. The summed E-state index contributed by atoms with van der Waals surface area (Å²) < 4.78 is 53.2. The molecule has 2 amide bonds. The van der Waals surface area contributed by atoms with E-state index in [1.807, 2.05) is 0 Å². The van der Waals surface area contributed by atoms with Crippen LogP contribution in [0.4, 0.5) is 28.9 Å². The highest BCUT2D eigenvalue weighted by Crippen LogP contribution is 2.20. The van der Waals surface area contributed by atoms with Gasteiger partial charge in [0.1, 0.15) is 5.82 Å². The van der Waals surface area contributed by atoms with Crippen LogP contribution >= 0.6 is 11.6 Å². The van der Waals surface area contributed by atoms with Crippen molar-refractivity contribution in [3.8, 4) is 0 Å². The Hall–Kier alpha value is -2.65. The smallest absolute Gasteiger partial charge is 0.238 e. The van der Waals surface area contributed by atoms with Gasteiger partial charge in [0.05, 0.1) is 24.5 Å². The van der Waals surface area contributed by atoms with Crippen LogP contribution in [0.15, 0.2) is 30.3 Å². The number of carbonyl (C=O) groups is 2. The number of carbonyl (C=O) groups excluding carboxylic acids is 2. The second-order valence-electron chi connectivity index (χ2n) is 5.62. The summed E-state index contributed by atoms with van der Waals surface area (Å²) >= 11 is 5.61. The maximum absolute atomic E-state index is 13.6. The summed E-state index contributed by atoms with van der Waals surface area (Å²) in [4.78, 5) is 25.0. The van der Waals surface area contributed by atoms with E-state index in [0.29, 0.717) is 6.07 Å². The molecule has 144 valence electrons. The summed E-state index contributed by atoms with van der Waals surface area (Å²) in [5.41, 5.74) is -0.605. The largest absolute Gasteiger partial charge is 0.322 e. The number of nitrogens with one attached hydrogen (secondary N) is 2. The molecule has 2 rings (SSSR count). The molecular weight excluding hydrogens is 390 g/mol. The quantitative estimate of drug-likeness (QED) is 0.574. The number of halogens is 5. The zero-order valence-corrected chi connectivity index (χ0v) is 14.7. The standard InChI is InChI=1S/C17H14ClF4N3O2/c1-25(7-14(26)23-12-4-2-9(18)6-11(12)20)8-15(27)24-13-5-3-10(19)16(21)17(13)22/h2-6H,7-8H2,1H3,(H,23,26)(H,24,27). The molecule has 0 radical (unpaired) electrons. The molecule has 0 atom stereocenters. The third-order valence-electron chi connectivity index (χ3n) is 3.34. The second-order valence-corrected chi connectivity index (χ2v) is 6.05. The molecule has 5 nitrogen and oxygen atoms in total. The van der Waals surface area contributed by atoms with Gasteiger partial charge >= 0.3 is 0 Å². The lowest BCUT2D eigenvalue weighted by Crippen LogP contribution is -2.36. The van der Waals surface area contributed by atoms with E-state index in [0.717, 1.165) is 12.1 Å². The van der Waals surface area contributed by atoms with Crippen molar-refractivity contribution in [2.24, 2.45) is 0 Å². The van der Waals surface area contributed by atoms with Crippen molar-refractivity contribution < 1.29 is 27.2 Å². The van der Waals surface area contributed by atoms with Crippen LogP contribution in [-0.2, 0) is 9.59 Å². The first-order chi connectivity index (χ1) is 12.7. The van der Waals surface area contributed by atoms with Gasteiger partial charge in [0.25, 0.3) is 0 Å². The van der Waals surface area contributed by atoms with E-state index in [4.69, 9.17) is 11.6 Å². The first-order valence-electron chi connectivity index (χ1n) is 7.54. The minimum Gasteiger partial charge on any atom is -0.322 e. The molecule has 0 aliphatic rings. The van der Waals surface area contributed by atoms with Gasteiger partial charge in [0, 0.05) is 5.02 Å². The Kier molecular flexibility index (Phi) is 6.75. The predicted molar refractivity (Wildman–Crippen MR) is 92.5 cm³/mol. The Morgan fingerprint density at radius 3 is 2.04 bits per heavy atom. The summed E-state index contributed by atoms with van der Waals surface area (Å²) in [5, 5.41) is 4.57. The molecular formula is C17H14ClF4N3O2. The Morgan fingerprint density at radius 1 is 0.889 bits per heavy atom. The third-order valence-corrected chi connectivity index (χ3v) is 3.58. The van der Waals surface area contributed by atoms with Crippen molar-refractivity contribution in [1.29, 1.82) is 0 Å². The van der Waals surface area contributed by atoms with Gasteiger partial charge in [-0.1, -0.05) is 11.6 Å². The van der Waals surface area contributed by atoms with Crippen molar-refractivity contribution >= 4 is 34.8 Å². The number of likely N-dealkylation sites (N-methyl/N-ethyl adjacent to an activating group) is 1. The van der Waals surface area contributed by atoms with Crippen LogP contribution in [0, 0.1) is 23.3 Å². The van der Waals surface area contributed by atoms with Crippen LogP contribution in [0.5, 0.6) is 0 Å².